The summed E-state index contributed by atoms with van der Waals surface area (Å²) in [5.41, 5.74) is 13.2. The molecule has 4 N–H and O–H groups in total. The Balaban J connectivity index is 2.03. The predicted octanol–water partition coefficient (Wildman–Crippen LogP) is 2.16. The van der Waals surface area contributed by atoms with Gasteiger partial charge in [0.15, 0.2) is 5.76 Å². The van der Waals surface area contributed by atoms with E-state index >= 15 is 0 Å². The van der Waals surface area contributed by atoms with Crippen LogP contribution in [0.1, 0.15) is 0 Å². The molecule has 0 amide bonds. The average molecular weight is 242 g/mol. The van der Waals surface area contributed by atoms with Crippen molar-refractivity contribution in [3.63, 3.8) is 0 Å². The van der Waals surface area contributed by atoms with Gasteiger partial charge in [0.25, 0.3) is 5.89 Å². The van der Waals surface area contributed by atoms with Crippen molar-refractivity contribution in [1.82, 2.24) is 10.1 Å². The number of aromatic nitrogens is 2. The van der Waals surface area contributed by atoms with Crippen molar-refractivity contribution < 1.29 is 8.94 Å². The number of furan rings is 1. The number of nitrogen functional groups attached to an aromatic ring is 2. The van der Waals surface area contributed by atoms with E-state index in [4.69, 9.17) is 20.4 Å². The van der Waals surface area contributed by atoms with Gasteiger partial charge in [0.1, 0.15) is 0 Å². The van der Waals surface area contributed by atoms with E-state index in [1.54, 1.807) is 36.6 Å². The van der Waals surface area contributed by atoms with Gasteiger partial charge < -0.3 is 20.4 Å². The molecule has 0 bridgehead atoms. The molecule has 2 aromatic heterocycles. The molecule has 1 aromatic carbocycles. The Kier molecular flexibility index (Phi) is 2.26. The van der Waals surface area contributed by atoms with E-state index in [2.05, 4.69) is 10.1 Å². The van der Waals surface area contributed by atoms with Crippen LogP contribution in [-0.2, 0) is 0 Å². The second-order valence-electron chi connectivity index (χ2n) is 3.79. The van der Waals surface area contributed by atoms with Gasteiger partial charge in [0.2, 0.25) is 5.82 Å². The highest BCUT2D eigenvalue weighted by Crippen LogP contribution is 2.25. The molecule has 0 saturated carbocycles. The summed E-state index contributed by atoms with van der Waals surface area (Å²) in [6.07, 6.45) is 1.55. The van der Waals surface area contributed by atoms with E-state index in [0.29, 0.717) is 34.4 Å². The molecule has 2 heterocycles. The number of hydrogen-bond donors (Lipinski definition) is 2. The van der Waals surface area contributed by atoms with Crippen LogP contribution in [0.4, 0.5) is 11.4 Å². The number of anilines is 2. The Morgan fingerprint density at radius 1 is 1.06 bits per heavy atom. The molecular formula is C12H10N4O2. The highest BCUT2D eigenvalue weighted by Gasteiger charge is 2.13. The third-order valence-electron chi connectivity index (χ3n) is 2.39. The largest absolute Gasteiger partial charge is 0.461 e. The van der Waals surface area contributed by atoms with E-state index in [0.717, 1.165) is 0 Å². The number of benzene rings is 1. The standard InChI is InChI=1S/C12H10N4O2/c13-8-4-7(5-9(14)6-8)12-15-11(16-18-12)10-2-1-3-17-10/h1-6H,13-14H2. The molecule has 6 heteroatoms. The van der Waals surface area contributed by atoms with Crippen molar-refractivity contribution in [3.8, 4) is 23.0 Å². The lowest BCUT2D eigenvalue weighted by atomic mass is 10.2. The molecule has 3 aromatic rings. The zero-order valence-corrected chi connectivity index (χ0v) is 9.33. The van der Waals surface area contributed by atoms with Gasteiger partial charge in [-0.25, -0.2) is 0 Å². The van der Waals surface area contributed by atoms with Gasteiger partial charge in [-0.05, 0) is 30.3 Å². The van der Waals surface area contributed by atoms with E-state index in [1.165, 1.54) is 0 Å². The lowest BCUT2D eigenvalue weighted by Gasteiger charge is -1.99. The summed E-state index contributed by atoms with van der Waals surface area (Å²) in [7, 11) is 0. The van der Waals surface area contributed by atoms with Crippen molar-refractivity contribution in [2.75, 3.05) is 11.5 Å². The minimum absolute atomic E-state index is 0.348. The van der Waals surface area contributed by atoms with Crippen LogP contribution >= 0.6 is 0 Å². The topological polar surface area (TPSA) is 104 Å². The maximum atomic E-state index is 5.71. The van der Waals surface area contributed by atoms with E-state index < -0.39 is 0 Å². The van der Waals surface area contributed by atoms with Gasteiger partial charge in [-0.15, -0.1) is 0 Å². The lowest BCUT2D eigenvalue weighted by Crippen LogP contribution is -1.91. The molecule has 6 nitrogen and oxygen atoms in total. The normalized spacial score (nSPS) is 10.7. The van der Waals surface area contributed by atoms with Crippen molar-refractivity contribution >= 4 is 11.4 Å². The Morgan fingerprint density at radius 3 is 2.50 bits per heavy atom. The van der Waals surface area contributed by atoms with Crippen LogP contribution in [0.5, 0.6) is 0 Å². The molecule has 0 radical (unpaired) electrons. The van der Waals surface area contributed by atoms with Crippen LogP contribution in [0.15, 0.2) is 45.5 Å². The summed E-state index contributed by atoms with van der Waals surface area (Å²) < 4.78 is 10.3. The number of hydrogen-bond acceptors (Lipinski definition) is 6. The smallest absolute Gasteiger partial charge is 0.258 e. The molecular weight excluding hydrogens is 232 g/mol. The first kappa shape index (κ1) is 10.4. The highest BCUT2D eigenvalue weighted by molar-refractivity contribution is 5.67. The highest BCUT2D eigenvalue weighted by atomic mass is 16.5. The fourth-order valence-electron chi connectivity index (χ4n) is 1.65. The summed E-state index contributed by atoms with van der Waals surface area (Å²) >= 11 is 0. The van der Waals surface area contributed by atoms with Crippen LogP contribution in [0.25, 0.3) is 23.0 Å². The summed E-state index contributed by atoms with van der Waals surface area (Å²) in [6.45, 7) is 0. The quantitative estimate of drug-likeness (QED) is 0.667. The summed E-state index contributed by atoms with van der Waals surface area (Å²) in [4.78, 5) is 4.22. The molecule has 0 aliphatic heterocycles. The van der Waals surface area contributed by atoms with Gasteiger partial charge in [-0.2, -0.15) is 4.98 Å². The Hall–Kier alpha value is -2.76. The third-order valence-corrected chi connectivity index (χ3v) is 2.39. The molecule has 0 atom stereocenters. The monoisotopic (exact) mass is 242 g/mol. The van der Waals surface area contributed by atoms with Gasteiger partial charge >= 0.3 is 0 Å². The Bertz CT molecular complexity index is 653. The van der Waals surface area contributed by atoms with Crippen LogP contribution < -0.4 is 11.5 Å². The van der Waals surface area contributed by atoms with Crippen LogP contribution in [0, 0.1) is 0 Å². The molecule has 0 spiro atoms. The average Bonchev–Trinajstić information content (AvgIpc) is 2.99. The van der Waals surface area contributed by atoms with Gasteiger partial charge in [0, 0.05) is 16.9 Å². The SMILES string of the molecule is Nc1cc(N)cc(-c2nc(-c3ccco3)no2)c1. The number of nitrogens with two attached hydrogens (primary N) is 2. The second-order valence-corrected chi connectivity index (χ2v) is 3.79. The number of nitrogens with zero attached hydrogens (tertiary/aromatic N) is 2. The number of rotatable bonds is 2. The van der Waals surface area contributed by atoms with E-state index in [-0.39, 0.29) is 0 Å². The summed E-state index contributed by atoms with van der Waals surface area (Å²) in [6, 6.07) is 8.60. The molecule has 18 heavy (non-hydrogen) atoms. The third kappa shape index (κ3) is 1.80. The molecule has 0 unspecified atom stereocenters. The molecule has 0 aliphatic rings. The minimum Gasteiger partial charge on any atom is -0.461 e. The molecule has 0 aliphatic carbocycles. The van der Waals surface area contributed by atoms with Crippen molar-refractivity contribution in [2.24, 2.45) is 0 Å². The second kappa shape index (κ2) is 3.92. The van der Waals surface area contributed by atoms with Gasteiger partial charge in [0.05, 0.1) is 6.26 Å². The van der Waals surface area contributed by atoms with Crippen molar-refractivity contribution in [3.05, 3.63) is 36.6 Å². The van der Waals surface area contributed by atoms with Crippen molar-refractivity contribution in [1.29, 1.82) is 0 Å². The zero-order valence-electron chi connectivity index (χ0n) is 9.33. The Labute approximate surface area is 102 Å². The summed E-state index contributed by atoms with van der Waals surface area (Å²) in [5, 5.41) is 3.83. The maximum absolute atomic E-state index is 5.71. The minimum atomic E-state index is 0.348. The molecule has 0 fully saturated rings. The summed E-state index contributed by atoms with van der Waals surface area (Å²) in [5.74, 6) is 1.28. The van der Waals surface area contributed by atoms with Gasteiger partial charge in [-0.3, -0.25) is 0 Å². The maximum Gasteiger partial charge on any atom is 0.258 e. The molecule has 3 rings (SSSR count). The zero-order chi connectivity index (χ0) is 12.5. The molecule has 90 valence electrons. The van der Waals surface area contributed by atoms with Crippen LogP contribution in [0.3, 0.4) is 0 Å². The van der Waals surface area contributed by atoms with Crippen LogP contribution in [0.2, 0.25) is 0 Å². The fourth-order valence-corrected chi connectivity index (χ4v) is 1.65. The first-order valence-electron chi connectivity index (χ1n) is 5.26. The first-order chi connectivity index (χ1) is 8.72. The van der Waals surface area contributed by atoms with Crippen LogP contribution in [-0.4, -0.2) is 10.1 Å². The van der Waals surface area contributed by atoms with Gasteiger partial charge in [-0.1, -0.05) is 5.16 Å². The Morgan fingerprint density at radius 2 is 1.83 bits per heavy atom. The van der Waals surface area contributed by atoms with E-state index in [1.807, 2.05) is 0 Å². The van der Waals surface area contributed by atoms with Crippen molar-refractivity contribution in [2.45, 2.75) is 0 Å². The van der Waals surface area contributed by atoms with E-state index in [9.17, 15) is 0 Å². The first-order valence-corrected chi connectivity index (χ1v) is 5.26. The fraction of sp³-hybridized carbons (Fsp3) is 0. The predicted molar refractivity (Wildman–Crippen MR) is 66.3 cm³/mol. The molecule has 0 saturated heterocycles. The lowest BCUT2D eigenvalue weighted by molar-refractivity contribution is 0.429.